The van der Waals surface area contributed by atoms with E-state index < -0.39 is 30.1 Å². The zero-order valence-corrected chi connectivity index (χ0v) is 22.1. The van der Waals surface area contributed by atoms with Crippen molar-refractivity contribution in [1.82, 2.24) is 9.88 Å². The number of para-hydroxylation sites is 1. The first-order chi connectivity index (χ1) is 18.4. The molecule has 5 rings (SSSR count). The van der Waals surface area contributed by atoms with E-state index in [1.54, 1.807) is 14.2 Å². The predicted molar refractivity (Wildman–Crippen MR) is 142 cm³/mol. The summed E-state index contributed by atoms with van der Waals surface area (Å²) in [6.07, 6.45) is 3.69. The minimum atomic E-state index is -0.868. The van der Waals surface area contributed by atoms with Gasteiger partial charge in [0.15, 0.2) is 11.5 Å². The molecule has 1 aromatic heterocycles. The van der Waals surface area contributed by atoms with Gasteiger partial charge in [-0.25, -0.2) is 0 Å². The largest absolute Gasteiger partial charge is 0.493 e. The summed E-state index contributed by atoms with van der Waals surface area (Å²) in [5.74, 6) is -0.597. The van der Waals surface area contributed by atoms with Crippen LogP contribution in [0.2, 0.25) is 5.02 Å². The number of hydrogen-bond donors (Lipinski definition) is 2. The molecule has 200 valence electrons. The summed E-state index contributed by atoms with van der Waals surface area (Å²) in [4.78, 5) is 25.1. The molecule has 1 saturated carbocycles. The number of halogens is 1. The van der Waals surface area contributed by atoms with Crippen LogP contribution in [0.4, 0.5) is 0 Å². The molecule has 2 aliphatic rings. The number of benzene rings is 2. The first-order valence-corrected chi connectivity index (χ1v) is 13.1. The maximum atomic E-state index is 13.3. The van der Waals surface area contributed by atoms with Gasteiger partial charge in [0.1, 0.15) is 12.2 Å². The van der Waals surface area contributed by atoms with Crippen LogP contribution in [0.25, 0.3) is 5.69 Å². The second-order valence-electron chi connectivity index (χ2n) is 9.70. The van der Waals surface area contributed by atoms with Crippen molar-refractivity contribution in [1.29, 1.82) is 0 Å². The Labute approximate surface area is 226 Å². The number of carbonyl (C=O) groups excluding carboxylic acids is 1. The second kappa shape index (κ2) is 11.1. The Bertz CT molecular complexity index is 1340. The Kier molecular flexibility index (Phi) is 7.63. The average Bonchev–Trinajstić information content (AvgIpc) is 3.36. The maximum Gasteiger partial charge on any atom is 0.308 e. The normalized spacial score (nSPS) is 22.5. The molecule has 4 atom stereocenters. The molecule has 1 aliphatic carbocycles. The van der Waals surface area contributed by atoms with E-state index in [1.807, 2.05) is 59.3 Å². The summed E-state index contributed by atoms with van der Waals surface area (Å²) in [6.45, 7) is 0. The molecule has 0 bridgehead atoms. The van der Waals surface area contributed by atoms with Gasteiger partial charge in [-0.15, -0.1) is 0 Å². The number of fused-ring (bicyclic) bond motifs is 3. The van der Waals surface area contributed by atoms with Crippen molar-refractivity contribution in [2.45, 2.75) is 50.4 Å². The Hall–Kier alpha value is -3.49. The number of hydrogen-bond acceptors (Lipinski definition) is 5. The van der Waals surface area contributed by atoms with E-state index in [2.05, 4.69) is 5.32 Å². The minimum absolute atomic E-state index is 0.0252. The van der Waals surface area contributed by atoms with Crippen LogP contribution in [0.1, 0.15) is 61.1 Å². The zero-order valence-electron chi connectivity index (χ0n) is 21.4. The van der Waals surface area contributed by atoms with E-state index in [9.17, 15) is 14.7 Å². The minimum Gasteiger partial charge on any atom is -0.493 e. The number of carboxylic acids is 1. The highest BCUT2D eigenvalue weighted by atomic mass is 35.5. The van der Waals surface area contributed by atoms with Gasteiger partial charge in [-0.2, -0.15) is 0 Å². The first-order valence-electron chi connectivity index (χ1n) is 12.8. The maximum absolute atomic E-state index is 13.3. The summed E-state index contributed by atoms with van der Waals surface area (Å²) >= 11 is 6.45. The third-order valence-electron chi connectivity index (χ3n) is 7.46. The lowest BCUT2D eigenvalue weighted by molar-refractivity contribution is -0.144. The van der Waals surface area contributed by atoms with Gasteiger partial charge in [0, 0.05) is 28.4 Å². The van der Waals surface area contributed by atoms with E-state index in [0.717, 1.165) is 35.3 Å². The van der Waals surface area contributed by atoms with Crippen molar-refractivity contribution in [3.8, 4) is 17.2 Å². The lowest BCUT2D eigenvalue weighted by atomic mass is 9.84. The van der Waals surface area contributed by atoms with Gasteiger partial charge in [-0.3, -0.25) is 9.59 Å². The summed E-state index contributed by atoms with van der Waals surface area (Å²) < 4.78 is 20.0. The van der Waals surface area contributed by atoms with Crippen molar-refractivity contribution < 1.29 is 28.9 Å². The number of aromatic nitrogens is 1. The topological polar surface area (TPSA) is 99.0 Å². The molecule has 9 heteroatoms. The van der Waals surface area contributed by atoms with Crippen LogP contribution in [0.3, 0.4) is 0 Å². The highest BCUT2D eigenvalue weighted by Gasteiger charge is 2.36. The molecular weight excluding hydrogens is 508 g/mol. The van der Waals surface area contributed by atoms with E-state index in [0.29, 0.717) is 29.4 Å². The molecule has 2 N–H and O–H groups in total. The zero-order chi connectivity index (χ0) is 26.8. The lowest BCUT2D eigenvalue weighted by Gasteiger charge is -2.30. The number of rotatable bonds is 7. The van der Waals surface area contributed by atoms with E-state index in [1.165, 1.54) is 0 Å². The van der Waals surface area contributed by atoms with Crippen LogP contribution >= 0.6 is 11.6 Å². The van der Waals surface area contributed by atoms with Crippen molar-refractivity contribution in [2.75, 3.05) is 14.2 Å². The van der Waals surface area contributed by atoms with Gasteiger partial charge in [0.05, 0.1) is 37.9 Å². The van der Waals surface area contributed by atoms with Crippen LogP contribution in [0.15, 0.2) is 54.7 Å². The molecule has 1 fully saturated rings. The van der Waals surface area contributed by atoms with E-state index in [-0.39, 0.29) is 12.3 Å². The SMILES string of the molecule is COc1cccc([C@@H]2O[C@@H](CC(=O)N[C@@H]3CCCC[C@@H]3C(=O)O)c3cccn3-c3ccc(Cl)cc32)c1OC. The van der Waals surface area contributed by atoms with Crippen molar-refractivity contribution >= 4 is 23.5 Å². The van der Waals surface area contributed by atoms with Crippen LogP contribution < -0.4 is 14.8 Å². The summed E-state index contributed by atoms with van der Waals surface area (Å²) in [5.41, 5.74) is 3.25. The molecule has 1 amide bonds. The van der Waals surface area contributed by atoms with Crippen LogP contribution in [-0.4, -0.2) is 41.8 Å². The van der Waals surface area contributed by atoms with Crippen molar-refractivity contribution in [3.63, 3.8) is 0 Å². The monoisotopic (exact) mass is 538 g/mol. The summed E-state index contributed by atoms with van der Waals surface area (Å²) in [6, 6.07) is 14.7. The van der Waals surface area contributed by atoms with Gasteiger partial charge < -0.3 is 29.2 Å². The number of carboxylic acid groups (broad SMARTS) is 1. The number of nitrogens with zero attached hydrogens (tertiary/aromatic N) is 1. The molecule has 0 unspecified atom stereocenters. The van der Waals surface area contributed by atoms with E-state index in [4.69, 9.17) is 25.8 Å². The highest BCUT2D eigenvalue weighted by molar-refractivity contribution is 6.30. The predicted octanol–water partition coefficient (Wildman–Crippen LogP) is 5.46. The molecule has 8 nitrogen and oxygen atoms in total. The van der Waals surface area contributed by atoms with Crippen molar-refractivity contribution in [2.24, 2.45) is 5.92 Å². The van der Waals surface area contributed by atoms with Gasteiger partial charge in [-0.05, 0) is 49.2 Å². The van der Waals surface area contributed by atoms with E-state index >= 15 is 0 Å². The Balaban J connectivity index is 1.53. The van der Waals surface area contributed by atoms with Gasteiger partial charge in [-0.1, -0.05) is 36.6 Å². The van der Waals surface area contributed by atoms with Crippen molar-refractivity contribution in [3.05, 3.63) is 76.6 Å². The smallest absolute Gasteiger partial charge is 0.308 e. The molecule has 2 heterocycles. The number of amides is 1. The third kappa shape index (κ3) is 4.98. The molecule has 0 saturated heterocycles. The second-order valence-corrected chi connectivity index (χ2v) is 10.1. The van der Waals surface area contributed by atoms with Gasteiger partial charge in [0.2, 0.25) is 5.91 Å². The molecule has 1 aliphatic heterocycles. The number of methoxy groups -OCH3 is 2. The Morgan fingerprint density at radius 1 is 1.08 bits per heavy atom. The molecule has 2 aromatic carbocycles. The number of ether oxygens (including phenoxy) is 3. The highest BCUT2D eigenvalue weighted by Crippen LogP contribution is 2.46. The average molecular weight is 539 g/mol. The van der Waals surface area contributed by atoms with Gasteiger partial charge in [0.25, 0.3) is 0 Å². The summed E-state index contributed by atoms with van der Waals surface area (Å²) in [7, 11) is 3.16. The molecular formula is C29H31ClN2O6. The molecule has 0 radical (unpaired) electrons. The molecule has 0 spiro atoms. The number of nitrogens with one attached hydrogen (secondary N) is 1. The fourth-order valence-corrected chi connectivity index (χ4v) is 5.86. The Morgan fingerprint density at radius 3 is 2.66 bits per heavy atom. The number of carbonyl (C=O) groups is 2. The molecule has 38 heavy (non-hydrogen) atoms. The fraction of sp³-hybridized carbons (Fsp3) is 0.379. The lowest BCUT2D eigenvalue weighted by Crippen LogP contribution is -2.45. The first kappa shape index (κ1) is 26.1. The van der Waals surface area contributed by atoms with Crippen LogP contribution in [0, 0.1) is 5.92 Å². The van der Waals surface area contributed by atoms with Crippen LogP contribution in [0.5, 0.6) is 11.5 Å². The standard InChI is InChI=1S/C29H31ClN2O6/c1-36-24-11-5-8-19(28(24)37-2)27-20-15-17(30)12-13-22(20)32-14-6-10-23(32)25(38-27)16-26(33)31-21-9-4-3-7-18(21)29(34)35/h5-6,8,10-15,18,21,25,27H,3-4,7,9,16H2,1-2H3,(H,31,33)(H,34,35)/t18-,21+,25-,27-/m0/s1. The molecule has 3 aromatic rings. The fourth-order valence-electron chi connectivity index (χ4n) is 5.68. The quantitative estimate of drug-likeness (QED) is 0.414. The summed E-state index contributed by atoms with van der Waals surface area (Å²) in [5, 5.41) is 13.2. The van der Waals surface area contributed by atoms with Gasteiger partial charge >= 0.3 is 5.97 Å². The third-order valence-corrected chi connectivity index (χ3v) is 7.69. The number of aliphatic carboxylic acids is 1. The van der Waals surface area contributed by atoms with Crippen LogP contribution in [-0.2, 0) is 14.3 Å². The Morgan fingerprint density at radius 2 is 1.89 bits per heavy atom.